The number of nitrogens with zero attached hydrogens (tertiary/aromatic N) is 5. The van der Waals surface area contributed by atoms with E-state index in [0.29, 0.717) is 38.6 Å². The number of hydrogen-bond acceptors (Lipinski definition) is 4. The number of unbranched alkanes of at least 4 members (excludes halogenated alkanes) is 2. The summed E-state index contributed by atoms with van der Waals surface area (Å²) in [7, 11) is 1.90. The van der Waals surface area contributed by atoms with E-state index in [0.717, 1.165) is 19.3 Å². The highest BCUT2D eigenvalue weighted by Crippen LogP contribution is 2.23. The topological polar surface area (TPSA) is 74.5 Å². The van der Waals surface area contributed by atoms with Gasteiger partial charge < -0.3 is 14.5 Å². The predicted octanol–water partition coefficient (Wildman–Crippen LogP) is 2.54. The molecular weight excluding hydrogens is 322 g/mol. The maximum Gasteiger partial charge on any atom is 0.276 e. The number of rotatable bonds is 9. The summed E-state index contributed by atoms with van der Waals surface area (Å²) < 4.78 is 5.52. The first-order valence-corrected chi connectivity index (χ1v) is 9.59. The lowest BCUT2D eigenvalue weighted by atomic mass is 10.0. The van der Waals surface area contributed by atoms with Crippen molar-refractivity contribution in [2.75, 3.05) is 33.6 Å². The summed E-state index contributed by atoms with van der Waals surface area (Å²) in [6.45, 7) is 7.17. The van der Waals surface area contributed by atoms with Crippen LogP contribution in [0.3, 0.4) is 0 Å². The second-order valence-electron chi connectivity index (χ2n) is 7.13. The van der Waals surface area contributed by atoms with Crippen LogP contribution in [0.25, 0.3) is 0 Å². The molecule has 0 N–H and O–H groups in total. The SMILES string of the molecule is CCCCCC(CCC)N1CN(C)C(=N[N+](=O)[O-])N(C2CCOC2)C1. The maximum atomic E-state index is 11.0. The number of ether oxygens (including phenoxy) is 1. The average molecular weight is 355 g/mol. The van der Waals surface area contributed by atoms with Gasteiger partial charge in [0.1, 0.15) is 5.10 Å². The third-order valence-electron chi connectivity index (χ3n) is 5.12. The summed E-state index contributed by atoms with van der Waals surface area (Å²) in [6, 6.07) is 0.683. The van der Waals surface area contributed by atoms with Crippen LogP contribution < -0.4 is 0 Å². The van der Waals surface area contributed by atoms with Crippen molar-refractivity contribution < 1.29 is 9.77 Å². The molecule has 8 nitrogen and oxygen atoms in total. The van der Waals surface area contributed by atoms with Gasteiger partial charge in [-0.25, -0.2) is 10.1 Å². The first kappa shape index (κ1) is 19.9. The van der Waals surface area contributed by atoms with E-state index in [4.69, 9.17) is 4.74 Å². The van der Waals surface area contributed by atoms with Crippen LogP contribution in [0.5, 0.6) is 0 Å². The minimum Gasteiger partial charge on any atom is -0.379 e. The van der Waals surface area contributed by atoms with Crippen LogP contribution in [0.1, 0.15) is 58.8 Å². The number of hydrazone groups is 1. The quantitative estimate of drug-likeness (QED) is 0.359. The normalized spacial score (nSPS) is 24.9. The fraction of sp³-hybridized carbons (Fsp3) is 0.941. The van der Waals surface area contributed by atoms with Crippen LogP contribution >= 0.6 is 0 Å². The second-order valence-corrected chi connectivity index (χ2v) is 7.13. The summed E-state index contributed by atoms with van der Waals surface area (Å²) in [5.41, 5.74) is 0. The van der Waals surface area contributed by atoms with Gasteiger partial charge in [0.2, 0.25) is 0 Å². The van der Waals surface area contributed by atoms with E-state index >= 15 is 0 Å². The Morgan fingerprint density at radius 2 is 2.08 bits per heavy atom. The van der Waals surface area contributed by atoms with E-state index in [1.54, 1.807) is 0 Å². The first-order valence-electron chi connectivity index (χ1n) is 9.59. The molecule has 2 unspecified atom stereocenters. The smallest absolute Gasteiger partial charge is 0.276 e. The molecule has 2 aliphatic rings. The maximum absolute atomic E-state index is 11.0. The van der Waals surface area contributed by atoms with E-state index in [2.05, 4.69) is 28.7 Å². The third-order valence-corrected chi connectivity index (χ3v) is 5.12. The molecule has 0 amide bonds. The molecule has 0 aromatic carbocycles. The summed E-state index contributed by atoms with van der Waals surface area (Å²) in [4.78, 5) is 17.4. The first-order chi connectivity index (χ1) is 12.1. The minimum absolute atomic E-state index is 0.168. The molecule has 0 aromatic heterocycles. The van der Waals surface area contributed by atoms with E-state index in [-0.39, 0.29) is 6.04 Å². The highest BCUT2D eigenvalue weighted by molar-refractivity contribution is 5.80. The Morgan fingerprint density at radius 3 is 2.68 bits per heavy atom. The van der Waals surface area contributed by atoms with Crippen LogP contribution in [0, 0.1) is 10.1 Å². The van der Waals surface area contributed by atoms with Gasteiger partial charge in [-0.2, -0.15) is 0 Å². The summed E-state index contributed by atoms with van der Waals surface area (Å²) in [6.07, 6.45) is 8.12. The van der Waals surface area contributed by atoms with Gasteiger partial charge in [0.25, 0.3) is 5.96 Å². The van der Waals surface area contributed by atoms with Crippen molar-refractivity contribution in [3.8, 4) is 0 Å². The Balaban J connectivity index is 2.13. The Bertz CT molecular complexity index is 454. The van der Waals surface area contributed by atoms with Gasteiger partial charge in [0.05, 0.1) is 26.0 Å². The van der Waals surface area contributed by atoms with Gasteiger partial charge in [0, 0.05) is 19.7 Å². The summed E-state index contributed by atoms with van der Waals surface area (Å²) in [5, 5.41) is 14.1. The molecule has 0 radical (unpaired) electrons. The van der Waals surface area contributed by atoms with Crippen molar-refractivity contribution in [3.63, 3.8) is 0 Å². The lowest BCUT2D eigenvalue weighted by Gasteiger charge is -2.47. The lowest BCUT2D eigenvalue weighted by molar-refractivity contribution is -0.486. The Hall–Kier alpha value is -1.41. The molecule has 0 bridgehead atoms. The molecular formula is C17H33N5O3. The van der Waals surface area contributed by atoms with E-state index in [1.807, 2.05) is 11.9 Å². The zero-order valence-corrected chi connectivity index (χ0v) is 15.9. The van der Waals surface area contributed by atoms with Gasteiger partial charge in [0.15, 0.2) is 5.03 Å². The van der Waals surface area contributed by atoms with Gasteiger partial charge in [-0.1, -0.05) is 39.5 Å². The van der Waals surface area contributed by atoms with E-state index in [9.17, 15) is 10.1 Å². The lowest BCUT2D eigenvalue weighted by Crippen LogP contribution is -2.62. The fourth-order valence-electron chi connectivity index (χ4n) is 3.82. The number of guanidine groups is 1. The van der Waals surface area contributed by atoms with E-state index < -0.39 is 5.03 Å². The molecule has 0 aliphatic carbocycles. The standard InChI is InChI=1S/C17H33N5O3/c1-4-6-7-9-15(8-5-2)20-13-19(3)17(18-22(23)24)21(14-20)16-10-11-25-12-16/h15-16H,4-14H2,1-3H3. The molecule has 25 heavy (non-hydrogen) atoms. The average Bonchev–Trinajstić information content (AvgIpc) is 3.10. The van der Waals surface area contributed by atoms with Gasteiger partial charge in [-0.05, 0) is 19.3 Å². The van der Waals surface area contributed by atoms with E-state index in [1.165, 1.54) is 25.7 Å². The summed E-state index contributed by atoms with van der Waals surface area (Å²) in [5.74, 6) is 0.459. The highest BCUT2D eigenvalue weighted by atomic mass is 16.7. The largest absolute Gasteiger partial charge is 0.379 e. The molecule has 2 rings (SSSR count). The van der Waals surface area contributed by atoms with Crippen molar-refractivity contribution in [2.24, 2.45) is 5.10 Å². The predicted molar refractivity (Wildman–Crippen MR) is 97.7 cm³/mol. The van der Waals surface area contributed by atoms with Crippen LogP contribution in [0.15, 0.2) is 5.10 Å². The van der Waals surface area contributed by atoms with Crippen LogP contribution in [-0.4, -0.2) is 71.4 Å². The van der Waals surface area contributed by atoms with Crippen molar-refractivity contribution in [3.05, 3.63) is 10.1 Å². The van der Waals surface area contributed by atoms with Crippen LogP contribution in [0.2, 0.25) is 0 Å². The third kappa shape index (κ3) is 5.54. The Labute approximate surface area is 150 Å². The molecule has 2 aliphatic heterocycles. The van der Waals surface area contributed by atoms with Crippen molar-refractivity contribution in [1.29, 1.82) is 0 Å². The van der Waals surface area contributed by atoms with Gasteiger partial charge >= 0.3 is 0 Å². The molecule has 0 spiro atoms. The molecule has 2 fully saturated rings. The Morgan fingerprint density at radius 1 is 1.28 bits per heavy atom. The molecule has 0 saturated carbocycles. The zero-order chi connectivity index (χ0) is 18.2. The van der Waals surface area contributed by atoms with Crippen LogP contribution in [-0.2, 0) is 4.74 Å². The number of hydrogen-bond donors (Lipinski definition) is 0. The van der Waals surface area contributed by atoms with Gasteiger partial charge in [-0.3, -0.25) is 4.90 Å². The van der Waals surface area contributed by atoms with Gasteiger partial charge in [-0.15, -0.1) is 0 Å². The fourth-order valence-corrected chi connectivity index (χ4v) is 3.82. The van der Waals surface area contributed by atoms with Crippen molar-refractivity contribution in [1.82, 2.24) is 14.7 Å². The summed E-state index contributed by atoms with van der Waals surface area (Å²) >= 11 is 0. The molecule has 8 heteroatoms. The monoisotopic (exact) mass is 355 g/mol. The molecule has 2 heterocycles. The minimum atomic E-state index is -0.588. The zero-order valence-electron chi connectivity index (χ0n) is 15.9. The van der Waals surface area contributed by atoms with Crippen LogP contribution in [0.4, 0.5) is 0 Å². The second kappa shape index (κ2) is 9.91. The molecule has 0 aromatic rings. The Kier molecular flexibility index (Phi) is 7.90. The molecule has 144 valence electrons. The van der Waals surface area contributed by atoms with Crippen molar-refractivity contribution in [2.45, 2.75) is 70.9 Å². The highest BCUT2D eigenvalue weighted by Gasteiger charge is 2.37. The molecule has 2 atom stereocenters. The number of nitro groups is 1. The molecule has 2 saturated heterocycles. The van der Waals surface area contributed by atoms with Crippen molar-refractivity contribution >= 4 is 5.96 Å².